The minimum absolute atomic E-state index is 0.278. The smallest absolute Gasteiger partial charge is 0.212 e. The molecule has 88 valence electrons. The number of ether oxygens (including phenoxy) is 1. The summed E-state index contributed by atoms with van der Waals surface area (Å²) in [5.74, 6) is 1.44. The van der Waals surface area contributed by atoms with Gasteiger partial charge in [0.25, 0.3) is 0 Å². The van der Waals surface area contributed by atoms with Crippen molar-refractivity contribution in [2.45, 2.75) is 33.1 Å². The van der Waals surface area contributed by atoms with Crippen molar-refractivity contribution < 1.29 is 9.53 Å². The van der Waals surface area contributed by atoms with Crippen LogP contribution < -0.4 is 4.74 Å². The molecule has 0 unspecified atom stereocenters. The molecule has 16 heavy (non-hydrogen) atoms. The number of hydrogen-bond donors (Lipinski definition) is 0. The summed E-state index contributed by atoms with van der Waals surface area (Å²) in [6.45, 7) is 4.25. The number of methoxy groups -OCH3 is 1. The molecule has 0 spiro atoms. The Hall–Kier alpha value is -1.38. The molecule has 0 aliphatic carbocycles. The van der Waals surface area contributed by atoms with Gasteiger partial charge in [-0.2, -0.15) is 0 Å². The maximum Gasteiger partial charge on any atom is 0.212 e. The molecule has 0 saturated heterocycles. The molecule has 1 heterocycles. The number of aromatic nitrogens is 1. The zero-order valence-corrected chi connectivity index (χ0v) is 10.2. The zero-order chi connectivity index (χ0) is 12.0. The summed E-state index contributed by atoms with van der Waals surface area (Å²) in [6, 6.07) is 3.67. The SMILES string of the molecule is COc1ccc(CC(=O)CCC(C)C)cn1. The predicted octanol–water partition coefficient (Wildman–Crippen LogP) is 2.64. The van der Waals surface area contributed by atoms with E-state index >= 15 is 0 Å². The summed E-state index contributed by atoms with van der Waals surface area (Å²) < 4.78 is 4.96. The van der Waals surface area contributed by atoms with Gasteiger partial charge in [-0.05, 0) is 17.9 Å². The van der Waals surface area contributed by atoms with E-state index in [1.165, 1.54) is 0 Å². The summed E-state index contributed by atoms with van der Waals surface area (Å²) >= 11 is 0. The molecular formula is C13H19NO2. The first-order valence-electron chi connectivity index (χ1n) is 5.62. The highest BCUT2D eigenvalue weighted by Gasteiger charge is 2.05. The topological polar surface area (TPSA) is 39.2 Å². The Kier molecular flexibility index (Phi) is 4.96. The number of carbonyl (C=O) groups is 1. The van der Waals surface area contributed by atoms with E-state index in [1.54, 1.807) is 19.4 Å². The van der Waals surface area contributed by atoms with Crippen molar-refractivity contribution in [1.29, 1.82) is 0 Å². The first-order chi connectivity index (χ1) is 7.61. The van der Waals surface area contributed by atoms with Gasteiger partial charge in [-0.15, -0.1) is 0 Å². The summed E-state index contributed by atoms with van der Waals surface area (Å²) in [6.07, 6.45) is 3.79. The molecule has 0 bridgehead atoms. The molecule has 3 heteroatoms. The molecule has 0 radical (unpaired) electrons. The largest absolute Gasteiger partial charge is 0.481 e. The van der Waals surface area contributed by atoms with Crippen molar-refractivity contribution in [1.82, 2.24) is 4.98 Å². The monoisotopic (exact) mass is 221 g/mol. The highest BCUT2D eigenvalue weighted by molar-refractivity contribution is 5.80. The lowest BCUT2D eigenvalue weighted by atomic mass is 10.0. The second-order valence-corrected chi connectivity index (χ2v) is 4.36. The lowest BCUT2D eigenvalue weighted by molar-refractivity contribution is -0.118. The van der Waals surface area contributed by atoms with Crippen LogP contribution in [0.25, 0.3) is 0 Å². The second kappa shape index (κ2) is 6.26. The van der Waals surface area contributed by atoms with Crippen LogP contribution in [-0.2, 0) is 11.2 Å². The number of rotatable bonds is 6. The molecule has 0 aromatic carbocycles. The highest BCUT2D eigenvalue weighted by Crippen LogP contribution is 2.10. The maximum atomic E-state index is 11.6. The van der Waals surface area contributed by atoms with Gasteiger partial charge in [0, 0.05) is 25.1 Å². The number of ketones is 1. The van der Waals surface area contributed by atoms with Gasteiger partial charge in [-0.3, -0.25) is 4.79 Å². The average Bonchev–Trinajstić information content (AvgIpc) is 2.27. The van der Waals surface area contributed by atoms with Gasteiger partial charge in [-0.25, -0.2) is 4.98 Å². The molecule has 0 atom stereocenters. The fourth-order valence-electron chi connectivity index (χ4n) is 1.40. The molecule has 0 N–H and O–H groups in total. The maximum absolute atomic E-state index is 11.6. The quantitative estimate of drug-likeness (QED) is 0.741. The molecule has 0 fully saturated rings. The van der Waals surface area contributed by atoms with Crippen molar-refractivity contribution >= 4 is 5.78 Å². The summed E-state index contributed by atoms with van der Waals surface area (Å²) in [7, 11) is 1.58. The van der Waals surface area contributed by atoms with Crippen LogP contribution in [0.4, 0.5) is 0 Å². The lowest BCUT2D eigenvalue weighted by Gasteiger charge is -2.04. The van der Waals surface area contributed by atoms with Crippen molar-refractivity contribution in [2.75, 3.05) is 7.11 Å². The van der Waals surface area contributed by atoms with Crippen molar-refractivity contribution in [3.63, 3.8) is 0 Å². The van der Waals surface area contributed by atoms with E-state index in [9.17, 15) is 4.79 Å². The number of hydrogen-bond acceptors (Lipinski definition) is 3. The molecule has 3 nitrogen and oxygen atoms in total. The third-order valence-corrected chi connectivity index (χ3v) is 2.41. The van der Waals surface area contributed by atoms with Crippen LogP contribution in [0, 0.1) is 5.92 Å². The van der Waals surface area contributed by atoms with Gasteiger partial charge in [0.15, 0.2) is 0 Å². The Morgan fingerprint density at radius 3 is 2.69 bits per heavy atom. The Bertz CT molecular complexity index is 330. The normalized spacial score (nSPS) is 10.5. The van der Waals surface area contributed by atoms with E-state index in [4.69, 9.17) is 4.74 Å². The molecule has 0 aliphatic heterocycles. The predicted molar refractivity (Wildman–Crippen MR) is 63.6 cm³/mol. The average molecular weight is 221 g/mol. The van der Waals surface area contributed by atoms with Crippen LogP contribution in [-0.4, -0.2) is 17.9 Å². The Morgan fingerprint density at radius 1 is 1.44 bits per heavy atom. The second-order valence-electron chi connectivity index (χ2n) is 4.36. The minimum atomic E-state index is 0.278. The van der Waals surface area contributed by atoms with E-state index in [1.807, 2.05) is 6.07 Å². The highest BCUT2D eigenvalue weighted by atomic mass is 16.5. The van der Waals surface area contributed by atoms with E-state index in [0.29, 0.717) is 24.6 Å². The molecule has 0 saturated carbocycles. The summed E-state index contributed by atoms with van der Waals surface area (Å²) in [4.78, 5) is 15.7. The molecule has 1 aromatic rings. The Labute approximate surface area is 96.8 Å². The van der Waals surface area contributed by atoms with E-state index < -0.39 is 0 Å². The van der Waals surface area contributed by atoms with Gasteiger partial charge in [0.1, 0.15) is 5.78 Å². The van der Waals surface area contributed by atoms with Gasteiger partial charge < -0.3 is 4.74 Å². The van der Waals surface area contributed by atoms with Crippen LogP contribution in [0.2, 0.25) is 0 Å². The van der Waals surface area contributed by atoms with Crippen molar-refractivity contribution in [2.24, 2.45) is 5.92 Å². The van der Waals surface area contributed by atoms with Crippen LogP contribution in [0.3, 0.4) is 0 Å². The minimum Gasteiger partial charge on any atom is -0.481 e. The first kappa shape index (κ1) is 12.7. The number of pyridine rings is 1. The van der Waals surface area contributed by atoms with Gasteiger partial charge in [0.2, 0.25) is 5.88 Å². The van der Waals surface area contributed by atoms with Crippen LogP contribution in [0.5, 0.6) is 5.88 Å². The Balaban J connectivity index is 2.43. The summed E-state index contributed by atoms with van der Waals surface area (Å²) in [5, 5.41) is 0. The fraction of sp³-hybridized carbons (Fsp3) is 0.538. The fourth-order valence-corrected chi connectivity index (χ4v) is 1.40. The van der Waals surface area contributed by atoms with Crippen molar-refractivity contribution in [3.05, 3.63) is 23.9 Å². The molecule has 1 aromatic heterocycles. The van der Waals surface area contributed by atoms with Gasteiger partial charge >= 0.3 is 0 Å². The van der Waals surface area contributed by atoms with Crippen LogP contribution >= 0.6 is 0 Å². The summed E-state index contributed by atoms with van der Waals surface area (Å²) in [5.41, 5.74) is 0.953. The lowest BCUT2D eigenvalue weighted by Crippen LogP contribution is -2.04. The molecule has 1 rings (SSSR count). The standard InChI is InChI=1S/C13H19NO2/c1-10(2)4-6-12(15)8-11-5-7-13(16-3)14-9-11/h5,7,9-10H,4,6,8H2,1-3H3. The number of carbonyl (C=O) groups excluding carboxylic acids is 1. The number of nitrogens with zero attached hydrogens (tertiary/aromatic N) is 1. The van der Waals surface area contributed by atoms with E-state index in [0.717, 1.165) is 12.0 Å². The Morgan fingerprint density at radius 2 is 2.19 bits per heavy atom. The number of Topliss-reactive ketones (excluding diaryl/α,β-unsaturated/α-hetero) is 1. The molecular weight excluding hydrogens is 202 g/mol. The van der Waals surface area contributed by atoms with E-state index in [2.05, 4.69) is 18.8 Å². The van der Waals surface area contributed by atoms with Crippen molar-refractivity contribution in [3.8, 4) is 5.88 Å². The first-order valence-corrected chi connectivity index (χ1v) is 5.62. The molecule has 0 amide bonds. The van der Waals surface area contributed by atoms with Gasteiger partial charge in [0.05, 0.1) is 7.11 Å². The third-order valence-electron chi connectivity index (χ3n) is 2.41. The van der Waals surface area contributed by atoms with Crippen LogP contribution in [0.1, 0.15) is 32.3 Å². The van der Waals surface area contributed by atoms with E-state index in [-0.39, 0.29) is 5.78 Å². The zero-order valence-electron chi connectivity index (χ0n) is 10.2. The van der Waals surface area contributed by atoms with Gasteiger partial charge in [-0.1, -0.05) is 19.9 Å². The van der Waals surface area contributed by atoms with Crippen LogP contribution in [0.15, 0.2) is 18.3 Å². The molecule has 0 aliphatic rings. The third kappa shape index (κ3) is 4.43.